The molecule has 0 aliphatic heterocycles. The zero-order chi connectivity index (χ0) is 12.3. The van der Waals surface area contributed by atoms with Gasteiger partial charge in [-0.15, -0.1) is 0 Å². The van der Waals surface area contributed by atoms with E-state index in [-0.39, 0.29) is 0 Å². The van der Waals surface area contributed by atoms with Crippen LogP contribution in [0.2, 0.25) is 0 Å². The largest absolute Gasteiger partial charge is 0.350 e. The quantitative estimate of drug-likeness (QED) is 0.750. The van der Waals surface area contributed by atoms with Crippen molar-refractivity contribution in [3.05, 3.63) is 36.0 Å². The molecule has 1 aromatic carbocycles. The minimum atomic E-state index is 0.491. The molecule has 2 rings (SSSR count). The van der Waals surface area contributed by atoms with Gasteiger partial charge in [-0.25, -0.2) is 0 Å². The lowest BCUT2D eigenvalue weighted by atomic mass is 10.1. The second-order valence-electron chi connectivity index (χ2n) is 4.43. The first kappa shape index (κ1) is 11.7. The molecular weight excluding hydrogens is 210 g/mol. The van der Waals surface area contributed by atoms with E-state index in [1.807, 2.05) is 11.9 Å². The van der Waals surface area contributed by atoms with Crippen LogP contribution in [0.5, 0.6) is 0 Å². The average Bonchev–Trinajstić information content (AvgIpc) is 2.65. The van der Waals surface area contributed by atoms with E-state index in [1.165, 1.54) is 16.5 Å². The minimum Gasteiger partial charge on any atom is -0.350 e. The number of hydrogen-bond donors (Lipinski definition) is 0. The lowest BCUT2D eigenvalue weighted by molar-refractivity contribution is 0.379. The van der Waals surface area contributed by atoms with E-state index in [2.05, 4.69) is 48.1 Å². The summed E-state index contributed by atoms with van der Waals surface area (Å²) in [5.74, 6) is 0. The van der Waals surface area contributed by atoms with Gasteiger partial charge in [0.1, 0.15) is 0 Å². The fraction of sp³-hybridized carbons (Fsp3) is 0.357. The Morgan fingerprint density at radius 2 is 2.12 bits per heavy atom. The van der Waals surface area contributed by atoms with Gasteiger partial charge in [-0.05, 0) is 25.1 Å². The van der Waals surface area contributed by atoms with Gasteiger partial charge >= 0.3 is 0 Å². The van der Waals surface area contributed by atoms with E-state index < -0.39 is 0 Å². The van der Waals surface area contributed by atoms with E-state index >= 15 is 0 Å². The van der Waals surface area contributed by atoms with E-state index in [9.17, 15) is 0 Å². The van der Waals surface area contributed by atoms with Gasteiger partial charge in [0.15, 0.2) is 0 Å². The fourth-order valence-corrected chi connectivity index (χ4v) is 2.14. The first-order valence-corrected chi connectivity index (χ1v) is 5.81. The molecule has 0 bridgehead atoms. The van der Waals surface area contributed by atoms with Gasteiger partial charge in [-0.2, -0.15) is 5.26 Å². The van der Waals surface area contributed by atoms with E-state index in [0.29, 0.717) is 6.54 Å². The lowest BCUT2D eigenvalue weighted by Crippen LogP contribution is -2.21. The van der Waals surface area contributed by atoms with Crippen molar-refractivity contribution in [2.24, 2.45) is 7.05 Å². The Kier molecular flexibility index (Phi) is 3.46. The minimum absolute atomic E-state index is 0.491. The zero-order valence-corrected chi connectivity index (χ0v) is 10.3. The number of para-hydroxylation sites is 1. The molecular formula is C14H17N3. The van der Waals surface area contributed by atoms with Crippen molar-refractivity contribution >= 4 is 10.9 Å². The highest BCUT2D eigenvalue weighted by Gasteiger charge is 2.06. The molecule has 0 N–H and O–H groups in total. The van der Waals surface area contributed by atoms with Gasteiger partial charge < -0.3 is 4.57 Å². The number of aromatic nitrogens is 1. The molecule has 1 aromatic heterocycles. The second-order valence-corrected chi connectivity index (χ2v) is 4.43. The van der Waals surface area contributed by atoms with Crippen LogP contribution in [0.3, 0.4) is 0 Å². The molecule has 17 heavy (non-hydrogen) atoms. The summed E-state index contributed by atoms with van der Waals surface area (Å²) >= 11 is 0. The van der Waals surface area contributed by atoms with Crippen molar-refractivity contribution in [1.82, 2.24) is 9.47 Å². The monoisotopic (exact) mass is 227 g/mol. The maximum atomic E-state index is 8.61. The molecule has 0 aliphatic carbocycles. The third-order valence-corrected chi connectivity index (χ3v) is 3.08. The number of rotatable bonds is 4. The number of hydrogen-bond acceptors (Lipinski definition) is 2. The van der Waals surface area contributed by atoms with Crippen molar-refractivity contribution in [2.75, 3.05) is 20.1 Å². The Labute approximate surface area is 102 Å². The number of aryl methyl sites for hydroxylation is 1. The van der Waals surface area contributed by atoms with Crippen LogP contribution in [-0.2, 0) is 13.5 Å². The molecule has 0 atom stereocenters. The number of likely N-dealkylation sites (N-methyl/N-ethyl adjacent to an activating group) is 1. The highest BCUT2D eigenvalue weighted by molar-refractivity contribution is 5.83. The van der Waals surface area contributed by atoms with Crippen LogP contribution >= 0.6 is 0 Å². The van der Waals surface area contributed by atoms with Crippen LogP contribution in [0.4, 0.5) is 0 Å². The topological polar surface area (TPSA) is 32.0 Å². The van der Waals surface area contributed by atoms with E-state index in [4.69, 9.17) is 5.26 Å². The summed E-state index contributed by atoms with van der Waals surface area (Å²) in [6.07, 6.45) is 3.17. The summed E-state index contributed by atoms with van der Waals surface area (Å²) in [6.45, 7) is 1.41. The maximum Gasteiger partial charge on any atom is 0.0863 e. The first-order valence-electron chi connectivity index (χ1n) is 5.81. The summed E-state index contributed by atoms with van der Waals surface area (Å²) in [5, 5.41) is 9.93. The molecule has 0 aliphatic rings. The summed E-state index contributed by atoms with van der Waals surface area (Å²) in [4.78, 5) is 2.04. The first-order chi connectivity index (χ1) is 8.22. The summed E-state index contributed by atoms with van der Waals surface area (Å²) < 4.78 is 2.16. The smallest absolute Gasteiger partial charge is 0.0863 e. The molecule has 0 spiro atoms. The third kappa shape index (κ3) is 2.48. The third-order valence-electron chi connectivity index (χ3n) is 3.08. The van der Waals surface area contributed by atoms with Gasteiger partial charge in [0.25, 0.3) is 0 Å². The van der Waals surface area contributed by atoms with Crippen LogP contribution < -0.4 is 0 Å². The summed E-state index contributed by atoms with van der Waals surface area (Å²) in [7, 11) is 4.05. The molecule has 3 nitrogen and oxygen atoms in total. The SMILES string of the molecule is CN(CC#N)CCc1cn(C)c2ccccc12. The molecule has 0 saturated heterocycles. The molecule has 0 fully saturated rings. The van der Waals surface area contributed by atoms with Crippen molar-refractivity contribution < 1.29 is 0 Å². The van der Waals surface area contributed by atoms with Gasteiger partial charge in [-0.1, -0.05) is 18.2 Å². The number of nitriles is 1. The Bertz CT molecular complexity index is 548. The standard InChI is InChI=1S/C14H17N3/c1-16(10-8-15)9-7-12-11-17(2)14-6-4-3-5-13(12)14/h3-6,11H,7,9-10H2,1-2H3. The number of fused-ring (bicyclic) bond motifs is 1. The molecule has 2 aromatic rings. The molecule has 88 valence electrons. The zero-order valence-electron chi connectivity index (χ0n) is 10.3. The van der Waals surface area contributed by atoms with E-state index in [1.54, 1.807) is 0 Å². The predicted molar refractivity (Wildman–Crippen MR) is 69.7 cm³/mol. The lowest BCUT2D eigenvalue weighted by Gasteiger charge is -2.11. The second kappa shape index (κ2) is 5.03. The van der Waals surface area contributed by atoms with Crippen molar-refractivity contribution in [1.29, 1.82) is 5.26 Å². The molecule has 0 radical (unpaired) electrons. The maximum absolute atomic E-state index is 8.61. The van der Waals surface area contributed by atoms with Gasteiger partial charge in [0.2, 0.25) is 0 Å². The molecule has 0 saturated carbocycles. The van der Waals surface area contributed by atoms with E-state index in [0.717, 1.165) is 13.0 Å². The summed E-state index contributed by atoms with van der Waals surface area (Å²) in [6, 6.07) is 10.6. The Balaban J connectivity index is 2.17. The Morgan fingerprint density at radius 3 is 2.88 bits per heavy atom. The van der Waals surface area contributed by atoms with Crippen molar-refractivity contribution in [3.8, 4) is 6.07 Å². The fourth-order valence-electron chi connectivity index (χ4n) is 2.14. The van der Waals surface area contributed by atoms with Crippen LogP contribution in [0.15, 0.2) is 30.5 Å². The average molecular weight is 227 g/mol. The number of nitrogens with zero attached hydrogens (tertiary/aromatic N) is 3. The van der Waals surface area contributed by atoms with Gasteiger partial charge in [0, 0.05) is 30.7 Å². The highest BCUT2D eigenvalue weighted by atomic mass is 15.1. The van der Waals surface area contributed by atoms with Gasteiger partial charge in [0.05, 0.1) is 12.6 Å². The van der Waals surface area contributed by atoms with Crippen LogP contribution in [0, 0.1) is 11.3 Å². The Hall–Kier alpha value is -1.79. The number of benzene rings is 1. The molecule has 3 heteroatoms. The van der Waals surface area contributed by atoms with Crippen LogP contribution in [0.25, 0.3) is 10.9 Å². The molecule has 0 amide bonds. The molecule has 1 heterocycles. The van der Waals surface area contributed by atoms with Crippen molar-refractivity contribution in [3.63, 3.8) is 0 Å². The van der Waals surface area contributed by atoms with Gasteiger partial charge in [-0.3, -0.25) is 4.90 Å². The Morgan fingerprint density at radius 1 is 1.35 bits per heavy atom. The molecule has 0 unspecified atom stereocenters. The summed E-state index contributed by atoms with van der Waals surface area (Å²) in [5.41, 5.74) is 2.62. The predicted octanol–water partition coefficient (Wildman–Crippen LogP) is 2.18. The van der Waals surface area contributed by atoms with Crippen LogP contribution in [0.1, 0.15) is 5.56 Å². The van der Waals surface area contributed by atoms with Crippen LogP contribution in [-0.4, -0.2) is 29.6 Å². The normalized spacial score (nSPS) is 10.9. The highest BCUT2D eigenvalue weighted by Crippen LogP contribution is 2.20. The van der Waals surface area contributed by atoms with Crippen molar-refractivity contribution in [2.45, 2.75) is 6.42 Å².